The maximum absolute atomic E-state index is 13.1. The first-order chi connectivity index (χ1) is 14.6. The highest BCUT2D eigenvalue weighted by Crippen LogP contribution is 2.30. The van der Waals surface area contributed by atoms with Crippen LogP contribution in [0.3, 0.4) is 0 Å². The number of benzene rings is 1. The van der Waals surface area contributed by atoms with E-state index in [0.717, 1.165) is 29.4 Å². The normalized spacial score (nSPS) is 16.1. The quantitative estimate of drug-likeness (QED) is 0.735. The summed E-state index contributed by atoms with van der Waals surface area (Å²) < 4.78 is 5.35. The average molecular weight is 444 g/mol. The highest BCUT2D eigenvalue weighted by Gasteiger charge is 2.28. The van der Waals surface area contributed by atoms with E-state index in [0.29, 0.717) is 18.0 Å². The number of aryl methyl sites for hydroxylation is 1. The minimum Gasteiger partial charge on any atom is -0.497 e. The van der Waals surface area contributed by atoms with Crippen LogP contribution in [0.4, 0.5) is 5.00 Å². The molecule has 0 aliphatic carbocycles. The lowest BCUT2D eigenvalue weighted by atomic mass is 9.96. The molecule has 2 heterocycles. The predicted octanol–water partition coefficient (Wildman–Crippen LogP) is 4.57. The number of hydrogen-bond donors (Lipinski definition) is 1. The van der Waals surface area contributed by atoms with Gasteiger partial charge in [-0.05, 0) is 43.2 Å². The molecule has 1 aliphatic heterocycles. The van der Waals surface area contributed by atoms with Crippen molar-refractivity contribution in [1.29, 1.82) is 0 Å². The molecule has 1 fully saturated rings. The number of amides is 2. The number of nitrogens with one attached hydrogen (secondary N) is 1. The van der Waals surface area contributed by atoms with Crippen molar-refractivity contribution in [2.24, 2.45) is 5.41 Å². The first-order valence-electron chi connectivity index (χ1n) is 10.7. The van der Waals surface area contributed by atoms with Crippen LogP contribution in [0.15, 0.2) is 30.3 Å². The summed E-state index contributed by atoms with van der Waals surface area (Å²) in [5.41, 5.74) is 1.65. The number of nitrogens with zero attached hydrogens (tertiary/aromatic N) is 2. The molecule has 6 nitrogen and oxygen atoms in total. The third-order valence-corrected chi connectivity index (χ3v) is 6.90. The topological polar surface area (TPSA) is 61.9 Å². The summed E-state index contributed by atoms with van der Waals surface area (Å²) in [4.78, 5) is 30.4. The molecule has 7 heteroatoms. The summed E-state index contributed by atoms with van der Waals surface area (Å²) in [7, 11) is 1.68. The summed E-state index contributed by atoms with van der Waals surface area (Å²) in [6, 6.07) is 10.3. The largest absolute Gasteiger partial charge is 0.497 e. The van der Waals surface area contributed by atoms with Gasteiger partial charge in [0.25, 0.3) is 5.91 Å². The second-order valence-electron chi connectivity index (χ2n) is 9.11. The third-order valence-electron chi connectivity index (χ3n) is 5.76. The Morgan fingerprint density at radius 2 is 1.81 bits per heavy atom. The molecule has 2 amide bonds. The molecule has 1 aromatic carbocycles. The summed E-state index contributed by atoms with van der Waals surface area (Å²) >= 11 is 1.36. The Bertz CT molecular complexity index is 940. The smallest absolute Gasteiger partial charge is 0.264 e. The van der Waals surface area contributed by atoms with Gasteiger partial charge in [0.05, 0.1) is 17.0 Å². The van der Waals surface area contributed by atoms with Crippen molar-refractivity contribution in [2.45, 2.75) is 40.7 Å². The second-order valence-corrected chi connectivity index (χ2v) is 10.2. The van der Waals surface area contributed by atoms with Crippen molar-refractivity contribution >= 4 is 28.2 Å². The van der Waals surface area contributed by atoms with Gasteiger partial charge >= 0.3 is 0 Å². The van der Waals surface area contributed by atoms with Crippen LogP contribution in [0.25, 0.3) is 0 Å². The monoisotopic (exact) mass is 443 g/mol. The number of carbonyl (C=O) groups excluding carboxylic acids is 2. The zero-order valence-electron chi connectivity index (χ0n) is 19.3. The number of thiophene rings is 1. The van der Waals surface area contributed by atoms with Gasteiger partial charge in [-0.15, -0.1) is 11.3 Å². The predicted molar refractivity (Wildman–Crippen MR) is 126 cm³/mol. The lowest BCUT2D eigenvalue weighted by molar-refractivity contribution is -0.123. The Kier molecular flexibility index (Phi) is 7.06. The number of methoxy groups -OCH3 is 1. The zero-order chi connectivity index (χ0) is 22.8. The lowest BCUT2D eigenvalue weighted by Crippen LogP contribution is -2.49. The van der Waals surface area contributed by atoms with E-state index < -0.39 is 5.41 Å². The minimum atomic E-state index is -0.474. The van der Waals surface area contributed by atoms with Crippen LogP contribution >= 0.6 is 11.3 Å². The summed E-state index contributed by atoms with van der Waals surface area (Å²) in [6.07, 6.45) is 0. The number of hydrogen-bond acceptors (Lipinski definition) is 5. The van der Waals surface area contributed by atoms with Crippen molar-refractivity contribution in [3.8, 4) is 5.75 Å². The molecule has 0 saturated carbocycles. The van der Waals surface area contributed by atoms with Crippen LogP contribution in [0.2, 0.25) is 0 Å². The molecule has 0 spiro atoms. The van der Waals surface area contributed by atoms with Crippen LogP contribution in [0.5, 0.6) is 5.75 Å². The molecule has 1 atom stereocenters. The van der Waals surface area contributed by atoms with E-state index in [1.54, 1.807) is 7.11 Å². The van der Waals surface area contributed by atoms with E-state index in [1.807, 2.05) is 50.8 Å². The first kappa shape index (κ1) is 23.3. The van der Waals surface area contributed by atoms with E-state index in [-0.39, 0.29) is 17.9 Å². The molecule has 31 heavy (non-hydrogen) atoms. The van der Waals surface area contributed by atoms with E-state index in [4.69, 9.17) is 4.74 Å². The second kappa shape index (κ2) is 9.40. The lowest BCUT2D eigenvalue weighted by Gasteiger charge is -2.38. The number of ether oxygens (including phenoxy) is 1. The standard InChI is InChI=1S/C24H33N3O3S/c1-16-14-20(25-23(29)24(3,4)5)31-21(16)22(28)27-12-10-26(11-13-27)17(2)18-8-7-9-19(15-18)30-6/h7-9,14-15,17H,10-13H2,1-6H3,(H,25,29). The van der Waals surface area contributed by atoms with E-state index in [9.17, 15) is 9.59 Å². The van der Waals surface area contributed by atoms with Gasteiger partial charge in [0, 0.05) is 37.6 Å². The molecular weight excluding hydrogens is 410 g/mol. The van der Waals surface area contributed by atoms with Crippen LogP contribution in [0, 0.1) is 12.3 Å². The summed E-state index contributed by atoms with van der Waals surface area (Å²) in [5.74, 6) is 0.862. The molecule has 3 rings (SSSR count). The Balaban J connectivity index is 1.62. The molecule has 168 valence electrons. The van der Waals surface area contributed by atoms with Crippen molar-refractivity contribution in [1.82, 2.24) is 9.80 Å². The van der Waals surface area contributed by atoms with Crippen LogP contribution in [-0.2, 0) is 4.79 Å². The summed E-state index contributed by atoms with van der Waals surface area (Å²) in [6.45, 7) is 12.8. The van der Waals surface area contributed by atoms with Gasteiger partial charge in [0.15, 0.2) is 0 Å². The molecule has 0 bridgehead atoms. The average Bonchev–Trinajstić information content (AvgIpc) is 3.12. The Hall–Kier alpha value is -2.38. The van der Waals surface area contributed by atoms with E-state index in [1.165, 1.54) is 16.9 Å². The van der Waals surface area contributed by atoms with Gasteiger partial charge in [-0.25, -0.2) is 0 Å². The molecular formula is C24H33N3O3S. The molecule has 1 saturated heterocycles. The van der Waals surface area contributed by atoms with Crippen molar-refractivity contribution in [3.05, 3.63) is 46.3 Å². The van der Waals surface area contributed by atoms with Crippen molar-refractivity contribution in [3.63, 3.8) is 0 Å². The molecule has 1 aliphatic rings. The fraction of sp³-hybridized carbons (Fsp3) is 0.500. The van der Waals surface area contributed by atoms with Gasteiger partial charge in [0.1, 0.15) is 5.75 Å². The van der Waals surface area contributed by atoms with Crippen LogP contribution in [-0.4, -0.2) is 54.9 Å². The van der Waals surface area contributed by atoms with Gasteiger partial charge in [-0.2, -0.15) is 0 Å². The fourth-order valence-electron chi connectivity index (χ4n) is 3.62. The third kappa shape index (κ3) is 5.46. The Morgan fingerprint density at radius 3 is 2.42 bits per heavy atom. The van der Waals surface area contributed by atoms with E-state index in [2.05, 4.69) is 29.3 Å². The number of anilines is 1. The number of piperazine rings is 1. The molecule has 1 unspecified atom stereocenters. The molecule has 0 radical (unpaired) electrons. The number of rotatable bonds is 5. The highest BCUT2D eigenvalue weighted by atomic mass is 32.1. The van der Waals surface area contributed by atoms with Crippen molar-refractivity contribution in [2.75, 3.05) is 38.6 Å². The summed E-state index contributed by atoms with van der Waals surface area (Å²) in [5, 5.41) is 3.67. The highest BCUT2D eigenvalue weighted by molar-refractivity contribution is 7.18. The molecule has 2 aromatic rings. The maximum Gasteiger partial charge on any atom is 0.264 e. The molecule has 1 aromatic heterocycles. The van der Waals surface area contributed by atoms with Gasteiger partial charge < -0.3 is 15.0 Å². The maximum atomic E-state index is 13.1. The van der Waals surface area contributed by atoms with Crippen LogP contribution < -0.4 is 10.1 Å². The fourth-order valence-corrected chi connectivity index (χ4v) is 4.66. The van der Waals surface area contributed by atoms with Crippen molar-refractivity contribution < 1.29 is 14.3 Å². The first-order valence-corrected chi connectivity index (χ1v) is 11.5. The Labute approximate surface area is 189 Å². The van der Waals surface area contributed by atoms with Gasteiger partial charge in [-0.3, -0.25) is 14.5 Å². The van der Waals surface area contributed by atoms with E-state index >= 15 is 0 Å². The zero-order valence-corrected chi connectivity index (χ0v) is 20.1. The van der Waals surface area contributed by atoms with Crippen LogP contribution in [0.1, 0.15) is 54.5 Å². The Morgan fingerprint density at radius 1 is 1.13 bits per heavy atom. The minimum absolute atomic E-state index is 0.0482. The van der Waals surface area contributed by atoms with Gasteiger partial charge in [0.2, 0.25) is 5.91 Å². The SMILES string of the molecule is COc1cccc(C(C)N2CCN(C(=O)c3sc(NC(=O)C(C)(C)C)cc3C)CC2)c1. The molecule has 1 N–H and O–H groups in total. The van der Waals surface area contributed by atoms with Gasteiger partial charge in [-0.1, -0.05) is 32.9 Å². The number of carbonyl (C=O) groups is 2.